The van der Waals surface area contributed by atoms with E-state index in [-0.39, 0.29) is 109 Å². The number of nitrogens with two attached hydrogens (primary N) is 2. The van der Waals surface area contributed by atoms with Gasteiger partial charge in [0.15, 0.2) is 28.7 Å². The Hall–Kier alpha value is -7.46. The number of nitrogens with one attached hydrogen (secondary N) is 6. The van der Waals surface area contributed by atoms with Gasteiger partial charge >= 0.3 is 0 Å². The molecule has 4 aromatic rings. The average Bonchev–Trinajstić information content (AvgIpc) is 1.66. The fourth-order valence-corrected chi connectivity index (χ4v) is 20.8. The molecule has 8 aliphatic heterocycles. The van der Waals surface area contributed by atoms with Crippen molar-refractivity contribution in [3.63, 3.8) is 0 Å². The second-order valence-electron chi connectivity index (χ2n) is 31.5. The van der Waals surface area contributed by atoms with Crippen molar-refractivity contribution in [2.45, 2.75) is 206 Å². The number of carbonyl (C=O) groups excluding carboxylic acids is 4. The van der Waals surface area contributed by atoms with Crippen LogP contribution in [0.15, 0.2) is 94.9 Å². The number of amides is 1. The van der Waals surface area contributed by atoms with E-state index in [2.05, 4.69) is 62.0 Å². The molecule has 5 aliphatic carbocycles. The molecule has 105 heavy (non-hydrogen) atoms. The molecule has 19 unspecified atom stereocenters. The summed E-state index contributed by atoms with van der Waals surface area (Å²) >= 11 is 0. The molecule has 25 heteroatoms. The summed E-state index contributed by atoms with van der Waals surface area (Å²) in [6.45, 7) is -1.12. The van der Waals surface area contributed by atoms with E-state index >= 15 is 9.59 Å². The standard InChI is InChI=1S/C80H95N9O16/c1-83-33-44-28-40-27-42-17-23-80(100)71(98)69(102-37-79-55-18-24-84-72(81)62(55)63-48(15-12-41-7-6-9-57(41)86-63)56(79)32-50(44)51(30-40)47(20-26-91)70(79)97)75-104-67-54(31-53-61(68(67)101-36-45(93)19-25-90)66(96)52-29-39(34-92)11-14-46(52)65(53)95)60(43(13-16-59(42)94)35-103-78(76(80)105-75)21-4-5-22-78)49-8-2-3-10-58(49)89-38-85-64-73(89)87-77(82)88-74(64)99/h2-3,8,10-11,14,18,25,28-31,41-43,45,47,57,59-60,63-64,69-71,73,75-77,83-87,91-94,97-98,100H,4-7,9,12-13,15-16,19-22,24,26-27,32-38,81-82H2,1H3,(H,88,99). The number of dihydropyridines is 1. The van der Waals surface area contributed by atoms with Crippen LogP contribution in [0.25, 0.3) is 0 Å². The minimum Gasteiger partial charge on any atom is -0.486 e. The molecule has 0 radical (unpaired) electrons. The predicted molar refractivity (Wildman–Crippen MR) is 382 cm³/mol. The maximum absolute atomic E-state index is 16.0. The van der Waals surface area contributed by atoms with Crippen molar-refractivity contribution in [3.8, 4) is 23.3 Å². The molecule has 13 aliphatic rings. The van der Waals surface area contributed by atoms with Gasteiger partial charge in [0.05, 0.1) is 73.3 Å². The lowest BCUT2D eigenvalue weighted by Crippen LogP contribution is -2.73. The molecule has 6 fully saturated rings. The summed E-state index contributed by atoms with van der Waals surface area (Å²) in [6, 6.07) is 17.0. The van der Waals surface area contributed by atoms with Gasteiger partial charge in [-0.25, -0.2) is 0 Å². The van der Waals surface area contributed by atoms with Gasteiger partial charge in [0.2, 0.25) is 12.2 Å². The number of hydrogen-bond donors (Lipinski definition) is 15. The van der Waals surface area contributed by atoms with Crippen molar-refractivity contribution in [3.05, 3.63) is 156 Å². The largest absolute Gasteiger partial charge is 0.486 e. The van der Waals surface area contributed by atoms with Crippen LogP contribution in [0.2, 0.25) is 0 Å². The number of ether oxygens (including phenoxy) is 5. The first-order valence-electron chi connectivity index (χ1n) is 37.8. The van der Waals surface area contributed by atoms with E-state index in [1.54, 1.807) is 12.1 Å². The third kappa shape index (κ3) is 11.4. The lowest BCUT2D eigenvalue weighted by atomic mass is 9.57. The molecule has 19 atom stereocenters. The second-order valence-corrected chi connectivity index (χ2v) is 31.5. The van der Waals surface area contributed by atoms with E-state index in [9.17, 15) is 45.3 Å². The number of nitrogens with zero attached hydrogens (tertiary/aromatic N) is 1. The minimum atomic E-state index is -2.62. The Morgan fingerprint density at radius 3 is 2.56 bits per heavy atom. The number of anilines is 1. The van der Waals surface area contributed by atoms with Crippen LogP contribution in [0.5, 0.6) is 11.5 Å². The highest BCUT2D eigenvalue weighted by molar-refractivity contribution is 6.29. The van der Waals surface area contributed by atoms with Crippen LogP contribution in [-0.2, 0) is 49.8 Å². The molecular weight excluding hydrogens is 1340 g/mol. The fourth-order valence-electron chi connectivity index (χ4n) is 20.8. The van der Waals surface area contributed by atoms with E-state index in [0.717, 1.165) is 64.7 Å². The van der Waals surface area contributed by atoms with Crippen molar-refractivity contribution in [2.24, 2.45) is 34.6 Å². The first-order chi connectivity index (χ1) is 50.9. The molecule has 556 valence electrons. The number of ketones is 2. The van der Waals surface area contributed by atoms with Crippen molar-refractivity contribution >= 4 is 29.4 Å². The number of fused-ring (bicyclic) bond motifs is 16. The van der Waals surface area contributed by atoms with Gasteiger partial charge in [0, 0.05) is 77.5 Å². The molecule has 17 N–H and O–H groups in total. The molecule has 8 heterocycles. The summed E-state index contributed by atoms with van der Waals surface area (Å²) in [7, 11) is 1.90. The highest BCUT2D eigenvalue weighted by Crippen LogP contribution is 2.61. The molecule has 25 nitrogen and oxygen atoms in total. The lowest BCUT2D eigenvalue weighted by molar-refractivity contribution is -0.337. The fraction of sp³-hybridized carbons (Fsp3) is 0.550. The van der Waals surface area contributed by atoms with E-state index in [1.807, 2.05) is 36.2 Å². The molecule has 9 bridgehead atoms. The summed E-state index contributed by atoms with van der Waals surface area (Å²) < 4.78 is 37.7. The first kappa shape index (κ1) is 70.5. The third-order valence-electron chi connectivity index (χ3n) is 25.8. The highest BCUT2D eigenvalue weighted by Gasteiger charge is 2.66. The van der Waals surface area contributed by atoms with Gasteiger partial charge in [-0.15, -0.1) is 0 Å². The van der Waals surface area contributed by atoms with Crippen LogP contribution < -0.4 is 57.7 Å². The van der Waals surface area contributed by atoms with Gasteiger partial charge in [-0.2, -0.15) is 0 Å². The topological polar surface area (TPSA) is 384 Å². The van der Waals surface area contributed by atoms with Crippen LogP contribution >= 0.6 is 0 Å². The minimum absolute atomic E-state index is 0.0342. The number of rotatable bonds is 12. The number of aliphatic hydroxyl groups excluding tert-OH is 6. The summed E-state index contributed by atoms with van der Waals surface area (Å²) in [4.78, 5) is 60.0. The van der Waals surface area contributed by atoms with Crippen LogP contribution in [0, 0.1) is 35.0 Å². The number of aliphatic hydroxyl groups is 7. The molecule has 4 aromatic carbocycles. The first-order valence-corrected chi connectivity index (χ1v) is 37.8. The lowest BCUT2D eigenvalue weighted by Gasteiger charge is -2.54. The Morgan fingerprint density at radius 2 is 1.75 bits per heavy atom. The molecule has 1 amide bonds. The summed E-state index contributed by atoms with van der Waals surface area (Å²) in [5.41, 5.74) is 16.6. The Labute approximate surface area is 608 Å². The molecular formula is C80H95N9O16. The van der Waals surface area contributed by atoms with Crippen molar-refractivity contribution in [2.75, 3.05) is 51.6 Å². The molecule has 4 saturated heterocycles. The third-order valence-corrected chi connectivity index (χ3v) is 25.8. The maximum Gasteiger partial charge on any atom is 0.242 e. The molecule has 2 saturated carbocycles. The summed E-state index contributed by atoms with van der Waals surface area (Å²) in [5.74, 6) is 1.71. The molecule has 17 rings (SSSR count). The van der Waals surface area contributed by atoms with Gasteiger partial charge in [-0.05, 0) is 164 Å². The number of para-hydroxylation sites is 1. The SMILES string of the molecule is CNCc1cc2cc3c1CC1=C4CCC5CCCC5NC4C4=C(N)NCC=C4C1(COC1C4Oc5c(cc6c(c5OCC(O)CC=O)C(=O)c5cc(CO)ccc5C6=O)C(c5ccccc5N5CNC6C(=O)NC(N)NC65)C5CCC(O)C(C#CC(O)(C1O)C(O4)C1(CCCC1)OC5)C2)C(O)C3CCO. The van der Waals surface area contributed by atoms with E-state index in [0.29, 0.717) is 85.5 Å². The Kier molecular flexibility index (Phi) is 18.6. The van der Waals surface area contributed by atoms with Gasteiger partial charge in [-0.1, -0.05) is 73.6 Å². The van der Waals surface area contributed by atoms with Crippen molar-refractivity contribution in [1.29, 1.82) is 0 Å². The average molecular weight is 1440 g/mol. The molecule has 0 aromatic heterocycles. The predicted octanol–water partition coefficient (Wildman–Crippen LogP) is 2.03. The Morgan fingerprint density at radius 1 is 0.914 bits per heavy atom. The Bertz CT molecular complexity index is 4350. The van der Waals surface area contributed by atoms with Crippen LogP contribution in [-0.4, -0.2) is 191 Å². The van der Waals surface area contributed by atoms with Crippen LogP contribution in [0.1, 0.15) is 166 Å². The summed E-state index contributed by atoms with van der Waals surface area (Å²) in [5, 5.41) is 111. The molecule has 2 spiro atoms. The van der Waals surface area contributed by atoms with E-state index < -0.39 is 140 Å². The zero-order valence-corrected chi connectivity index (χ0v) is 58.9. The van der Waals surface area contributed by atoms with Crippen molar-refractivity contribution in [1.82, 2.24) is 31.9 Å². The van der Waals surface area contributed by atoms with Gasteiger partial charge in [0.25, 0.3) is 0 Å². The normalized spacial score (nSPS) is 35.1. The second kappa shape index (κ2) is 27.6. The van der Waals surface area contributed by atoms with Crippen LogP contribution in [0.4, 0.5) is 5.69 Å². The van der Waals surface area contributed by atoms with Gasteiger partial charge in [0.1, 0.15) is 55.5 Å². The smallest absolute Gasteiger partial charge is 0.242 e. The summed E-state index contributed by atoms with van der Waals surface area (Å²) in [6.07, 6.45) is -3.77. The number of carbonyl (C=O) groups is 4. The maximum atomic E-state index is 16.0. The number of aldehydes is 1. The zero-order chi connectivity index (χ0) is 72.5. The van der Waals surface area contributed by atoms with Crippen molar-refractivity contribution < 1.29 is 78.6 Å². The monoisotopic (exact) mass is 1440 g/mol. The van der Waals surface area contributed by atoms with E-state index in [4.69, 9.17) is 35.2 Å². The highest BCUT2D eigenvalue weighted by atomic mass is 16.7. The number of benzene rings is 4. The van der Waals surface area contributed by atoms with Gasteiger partial charge < -0.3 is 96.1 Å². The van der Waals surface area contributed by atoms with Gasteiger partial charge in [-0.3, -0.25) is 30.8 Å². The van der Waals surface area contributed by atoms with E-state index in [1.165, 1.54) is 12.1 Å². The van der Waals surface area contributed by atoms with Crippen LogP contribution in [0.3, 0.4) is 0 Å². The zero-order valence-electron chi connectivity index (χ0n) is 58.9. The quantitative estimate of drug-likeness (QED) is 0.0483. The Balaban J connectivity index is 0.962. The number of hydrogen-bond acceptors (Lipinski definition) is 24.